The van der Waals surface area contributed by atoms with Crippen LogP contribution in [0.25, 0.3) is 0 Å². The molecule has 1 saturated heterocycles. The summed E-state index contributed by atoms with van der Waals surface area (Å²) in [5.74, 6) is -0.0348. The van der Waals surface area contributed by atoms with Crippen molar-refractivity contribution >= 4 is 12.1 Å². The Bertz CT molecular complexity index is 760. The second-order valence-corrected chi connectivity index (χ2v) is 6.25. The van der Waals surface area contributed by atoms with Crippen LogP contribution >= 0.6 is 0 Å². The Labute approximate surface area is 152 Å². The molecule has 0 bridgehead atoms. The molecule has 2 aromatic rings. The van der Waals surface area contributed by atoms with E-state index in [1.165, 1.54) is 7.11 Å². The van der Waals surface area contributed by atoms with Gasteiger partial charge in [-0.25, -0.2) is 9.59 Å². The third kappa shape index (κ3) is 3.86. The number of methoxy groups -OCH3 is 1. The zero-order valence-corrected chi connectivity index (χ0v) is 14.5. The Morgan fingerprint density at radius 3 is 2.38 bits per heavy atom. The summed E-state index contributed by atoms with van der Waals surface area (Å²) in [5, 5.41) is 9.67. The summed E-state index contributed by atoms with van der Waals surface area (Å²) >= 11 is 0. The third-order valence-electron chi connectivity index (χ3n) is 4.64. The number of rotatable bonds is 4. The topological polar surface area (TPSA) is 76.1 Å². The fourth-order valence-electron chi connectivity index (χ4n) is 3.23. The van der Waals surface area contributed by atoms with E-state index in [-0.39, 0.29) is 18.4 Å². The van der Waals surface area contributed by atoms with Gasteiger partial charge in [-0.2, -0.15) is 0 Å². The van der Waals surface area contributed by atoms with E-state index in [1.807, 2.05) is 30.3 Å². The Morgan fingerprint density at radius 1 is 1.08 bits per heavy atom. The van der Waals surface area contributed by atoms with E-state index in [2.05, 4.69) is 4.74 Å². The van der Waals surface area contributed by atoms with Crippen LogP contribution in [0.1, 0.15) is 21.8 Å². The van der Waals surface area contributed by atoms with E-state index in [0.29, 0.717) is 24.4 Å². The molecule has 0 aliphatic carbocycles. The molecular weight excluding hydrogens is 334 g/mol. The van der Waals surface area contributed by atoms with E-state index in [0.717, 1.165) is 5.56 Å². The maximum absolute atomic E-state index is 12.5. The number of hydrogen-bond donors (Lipinski definition) is 1. The van der Waals surface area contributed by atoms with Crippen LogP contribution in [0.3, 0.4) is 0 Å². The van der Waals surface area contributed by atoms with Crippen molar-refractivity contribution in [2.24, 2.45) is 5.92 Å². The lowest BCUT2D eigenvalue weighted by atomic mass is 9.90. The number of carbonyl (C=O) groups excluding carboxylic acids is 2. The fourth-order valence-corrected chi connectivity index (χ4v) is 3.23. The Balaban J connectivity index is 1.66. The van der Waals surface area contributed by atoms with Crippen molar-refractivity contribution in [1.29, 1.82) is 0 Å². The molecule has 1 N–H and O–H groups in total. The molecule has 0 radical (unpaired) electrons. The zero-order chi connectivity index (χ0) is 18.5. The molecule has 0 aromatic heterocycles. The number of hydrogen-bond acceptors (Lipinski definition) is 5. The van der Waals surface area contributed by atoms with E-state index in [1.54, 1.807) is 29.2 Å². The van der Waals surface area contributed by atoms with Crippen molar-refractivity contribution in [3.05, 3.63) is 65.7 Å². The number of nitrogens with zero attached hydrogens (tertiary/aromatic N) is 1. The molecule has 2 atom stereocenters. The Hall–Kier alpha value is -2.86. The Morgan fingerprint density at radius 2 is 1.77 bits per heavy atom. The van der Waals surface area contributed by atoms with Crippen LogP contribution in [-0.2, 0) is 4.74 Å². The first-order valence-corrected chi connectivity index (χ1v) is 8.43. The molecule has 0 saturated carbocycles. The van der Waals surface area contributed by atoms with Crippen molar-refractivity contribution in [1.82, 2.24) is 4.90 Å². The average Bonchev–Trinajstić information content (AvgIpc) is 3.13. The number of aliphatic hydroxyl groups is 1. The molecule has 1 amide bonds. The second kappa shape index (κ2) is 8.01. The van der Waals surface area contributed by atoms with Crippen LogP contribution in [0.15, 0.2) is 54.6 Å². The maximum Gasteiger partial charge on any atom is 0.415 e. The molecule has 1 aliphatic rings. The Kier molecular flexibility index (Phi) is 5.53. The van der Waals surface area contributed by atoms with Crippen LogP contribution in [0.4, 0.5) is 4.79 Å². The molecule has 2 unspecified atom stereocenters. The highest BCUT2D eigenvalue weighted by atomic mass is 16.6. The van der Waals surface area contributed by atoms with E-state index >= 15 is 0 Å². The maximum atomic E-state index is 12.5. The molecular formula is C20H21NO5. The summed E-state index contributed by atoms with van der Waals surface area (Å²) in [4.78, 5) is 25.5. The summed E-state index contributed by atoms with van der Waals surface area (Å²) in [7, 11) is 1.31. The molecule has 0 spiro atoms. The van der Waals surface area contributed by atoms with Gasteiger partial charge in [0.2, 0.25) is 0 Å². The number of benzene rings is 2. The number of amides is 1. The predicted molar refractivity (Wildman–Crippen MR) is 95.1 cm³/mol. The van der Waals surface area contributed by atoms with Gasteiger partial charge in [0.25, 0.3) is 0 Å². The van der Waals surface area contributed by atoms with Crippen molar-refractivity contribution in [3.8, 4) is 5.75 Å². The molecule has 136 valence electrons. The monoisotopic (exact) mass is 355 g/mol. The first-order chi connectivity index (χ1) is 12.6. The van der Waals surface area contributed by atoms with E-state index in [9.17, 15) is 14.7 Å². The van der Waals surface area contributed by atoms with Crippen molar-refractivity contribution in [3.63, 3.8) is 0 Å². The first kappa shape index (κ1) is 17.9. The van der Waals surface area contributed by atoms with Gasteiger partial charge in [0, 0.05) is 31.5 Å². The molecule has 1 fully saturated rings. The third-order valence-corrected chi connectivity index (χ3v) is 4.64. The average molecular weight is 355 g/mol. The lowest BCUT2D eigenvalue weighted by Crippen LogP contribution is -2.32. The predicted octanol–water partition coefficient (Wildman–Crippen LogP) is 2.68. The van der Waals surface area contributed by atoms with Gasteiger partial charge in [0.05, 0.1) is 12.7 Å². The number of ether oxygens (including phenoxy) is 2. The molecule has 1 aliphatic heterocycles. The van der Waals surface area contributed by atoms with Gasteiger partial charge in [-0.1, -0.05) is 30.3 Å². The van der Waals surface area contributed by atoms with Crippen LogP contribution in [-0.4, -0.2) is 48.9 Å². The van der Waals surface area contributed by atoms with Crippen LogP contribution in [0.2, 0.25) is 0 Å². The van der Waals surface area contributed by atoms with Gasteiger partial charge in [0.1, 0.15) is 5.75 Å². The number of likely N-dealkylation sites (tertiary alicyclic amines) is 1. The summed E-state index contributed by atoms with van der Waals surface area (Å²) in [5.41, 5.74) is 1.49. The lowest BCUT2D eigenvalue weighted by Gasteiger charge is -2.16. The highest BCUT2D eigenvalue weighted by Crippen LogP contribution is 2.32. The molecule has 1 heterocycles. The van der Waals surface area contributed by atoms with Gasteiger partial charge in [-0.15, -0.1) is 0 Å². The van der Waals surface area contributed by atoms with Gasteiger partial charge < -0.3 is 19.5 Å². The van der Waals surface area contributed by atoms with E-state index in [4.69, 9.17) is 4.74 Å². The fraction of sp³-hybridized carbons (Fsp3) is 0.300. The van der Waals surface area contributed by atoms with Gasteiger partial charge >= 0.3 is 12.1 Å². The minimum absolute atomic E-state index is 0.0111. The highest BCUT2D eigenvalue weighted by Gasteiger charge is 2.36. The molecule has 6 heteroatoms. The summed E-state index contributed by atoms with van der Waals surface area (Å²) in [6.45, 7) is 0.945. The van der Waals surface area contributed by atoms with Crippen molar-refractivity contribution in [2.75, 3.05) is 26.8 Å². The minimum atomic E-state index is -0.465. The normalized spacial score (nSPS) is 19.2. The van der Waals surface area contributed by atoms with E-state index < -0.39 is 12.1 Å². The zero-order valence-electron chi connectivity index (χ0n) is 14.5. The summed E-state index contributed by atoms with van der Waals surface area (Å²) in [6.07, 6.45) is -0.465. The van der Waals surface area contributed by atoms with Crippen LogP contribution in [0.5, 0.6) is 5.75 Å². The number of carbonyl (C=O) groups is 2. The smallest absolute Gasteiger partial charge is 0.415 e. The highest BCUT2D eigenvalue weighted by molar-refractivity contribution is 5.89. The van der Waals surface area contributed by atoms with Gasteiger partial charge in [-0.3, -0.25) is 0 Å². The van der Waals surface area contributed by atoms with Crippen LogP contribution in [0, 0.1) is 5.92 Å². The second-order valence-electron chi connectivity index (χ2n) is 6.25. The molecule has 6 nitrogen and oxygen atoms in total. The molecule has 26 heavy (non-hydrogen) atoms. The van der Waals surface area contributed by atoms with Crippen molar-refractivity contribution in [2.45, 2.75) is 5.92 Å². The first-order valence-electron chi connectivity index (χ1n) is 8.43. The van der Waals surface area contributed by atoms with Crippen molar-refractivity contribution < 1.29 is 24.2 Å². The molecule has 3 rings (SSSR count). The largest absolute Gasteiger partial charge is 0.465 e. The number of aliphatic hydroxyl groups excluding tert-OH is 1. The summed E-state index contributed by atoms with van der Waals surface area (Å²) in [6, 6.07) is 16.1. The SMILES string of the molecule is COC(=O)c1ccc(OC(=O)N2CC(CO)C(c3ccccc3)C2)cc1. The molecule has 2 aromatic carbocycles. The quantitative estimate of drug-likeness (QED) is 0.854. The van der Waals surface area contributed by atoms with Gasteiger partial charge in [0.15, 0.2) is 0 Å². The lowest BCUT2D eigenvalue weighted by molar-refractivity contribution is 0.0600. The van der Waals surface area contributed by atoms with Crippen LogP contribution < -0.4 is 4.74 Å². The summed E-state index contributed by atoms with van der Waals surface area (Å²) < 4.78 is 10.0. The number of esters is 1. The van der Waals surface area contributed by atoms with Gasteiger partial charge in [-0.05, 0) is 29.8 Å². The minimum Gasteiger partial charge on any atom is -0.465 e. The standard InChI is InChI=1S/C20H21NO5/c1-25-19(23)15-7-9-17(10-8-15)26-20(24)21-11-16(13-22)18(12-21)14-5-3-2-4-6-14/h2-10,16,18,22H,11-13H2,1H3.